The Kier molecular flexibility index (Phi) is 3.62. The topological polar surface area (TPSA) is 81.2 Å². The van der Waals surface area contributed by atoms with E-state index in [2.05, 4.69) is 0 Å². The lowest BCUT2D eigenvalue weighted by Gasteiger charge is -2.46. The fourth-order valence-electron chi connectivity index (χ4n) is 2.96. The van der Waals surface area contributed by atoms with Gasteiger partial charge in [-0.1, -0.05) is 0 Å². The van der Waals surface area contributed by atoms with E-state index in [1.54, 1.807) is 25.8 Å². The van der Waals surface area contributed by atoms with Crippen molar-refractivity contribution >= 4 is 17.9 Å². The minimum absolute atomic E-state index is 0.122. The van der Waals surface area contributed by atoms with E-state index >= 15 is 0 Å². The zero-order valence-corrected chi connectivity index (χ0v) is 12.1. The van der Waals surface area contributed by atoms with Crippen LogP contribution in [0.25, 0.3) is 0 Å². The number of amides is 3. The van der Waals surface area contributed by atoms with Crippen LogP contribution in [-0.4, -0.2) is 76.0 Å². The quantitative estimate of drug-likeness (QED) is 0.746. The standard InChI is InChI=1S/C13H21N3O4/c1-13(2)11(19)14(3)7-8-16(13)12(20)15-6-4-5-9(15)10(17)18/h9H,4-8H2,1-3H3,(H,17,18). The molecule has 0 bridgehead atoms. The first-order chi connectivity index (χ1) is 9.26. The number of carbonyl (C=O) groups is 3. The number of rotatable bonds is 1. The van der Waals surface area contributed by atoms with Crippen molar-refractivity contribution in [3.05, 3.63) is 0 Å². The maximum atomic E-state index is 12.6. The summed E-state index contributed by atoms with van der Waals surface area (Å²) in [7, 11) is 1.71. The van der Waals surface area contributed by atoms with E-state index in [-0.39, 0.29) is 11.9 Å². The van der Waals surface area contributed by atoms with Crippen LogP contribution in [0.3, 0.4) is 0 Å². The first-order valence-electron chi connectivity index (χ1n) is 6.83. The number of piperazine rings is 1. The summed E-state index contributed by atoms with van der Waals surface area (Å²) < 4.78 is 0. The number of carboxylic acid groups (broad SMARTS) is 1. The molecule has 2 aliphatic heterocycles. The molecule has 7 heteroatoms. The second-order valence-corrected chi connectivity index (χ2v) is 5.91. The number of hydrogen-bond acceptors (Lipinski definition) is 3. The predicted molar refractivity (Wildman–Crippen MR) is 71.2 cm³/mol. The smallest absolute Gasteiger partial charge is 0.326 e. The van der Waals surface area contributed by atoms with Crippen molar-refractivity contribution in [1.82, 2.24) is 14.7 Å². The number of likely N-dealkylation sites (N-methyl/N-ethyl adjacent to an activating group) is 1. The van der Waals surface area contributed by atoms with Gasteiger partial charge in [-0.15, -0.1) is 0 Å². The number of aliphatic carboxylic acids is 1. The van der Waals surface area contributed by atoms with Gasteiger partial charge in [0, 0.05) is 26.7 Å². The van der Waals surface area contributed by atoms with Crippen molar-refractivity contribution in [2.24, 2.45) is 0 Å². The molecule has 2 aliphatic rings. The van der Waals surface area contributed by atoms with Gasteiger partial charge in [0.1, 0.15) is 11.6 Å². The Bertz CT molecular complexity index is 449. The summed E-state index contributed by atoms with van der Waals surface area (Å²) in [6.45, 7) is 4.74. The molecular weight excluding hydrogens is 262 g/mol. The van der Waals surface area contributed by atoms with E-state index in [4.69, 9.17) is 5.11 Å². The number of nitrogens with zero attached hydrogens (tertiary/aromatic N) is 3. The first kappa shape index (κ1) is 14.6. The maximum Gasteiger partial charge on any atom is 0.326 e. The highest BCUT2D eigenvalue weighted by molar-refractivity contribution is 5.92. The lowest BCUT2D eigenvalue weighted by Crippen LogP contribution is -2.66. The summed E-state index contributed by atoms with van der Waals surface area (Å²) >= 11 is 0. The van der Waals surface area contributed by atoms with Crippen molar-refractivity contribution < 1.29 is 19.5 Å². The molecule has 1 atom stereocenters. The molecule has 2 heterocycles. The third-order valence-electron chi connectivity index (χ3n) is 4.22. The monoisotopic (exact) mass is 283 g/mol. The Morgan fingerprint density at radius 3 is 2.50 bits per heavy atom. The zero-order chi connectivity index (χ0) is 15.1. The molecule has 0 aromatic heterocycles. The third-order valence-corrected chi connectivity index (χ3v) is 4.22. The van der Waals surface area contributed by atoms with Gasteiger partial charge in [-0.3, -0.25) is 4.79 Å². The van der Waals surface area contributed by atoms with Crippen LogP contribution in [-0.2, 0) is 9.59 Å². The van der Waals surface area contributed by atoms with Crippen LogP contribution in [0.4, 0.5) is 4.79 Å². The summed E-state index contributed by atoms with van der Waals surface area (Å²) in [5.74, 6) is -1.10. The fourth-order valence-corrected chi connectivity index (χ4v) is 2.96. The normalized spacial score (nSPS) is 26.1. The van der Waals surface area contributed by atoms with Crippen LogP contribution in [0, 0.1) is 0 Å². The number of carbonyl (C=O) groups excluding carboxylic acids is 2. The molecule has 0 spiro atoms. The Balaban J connectivity index is 2.20. The molecule has 112 valence electrons. The van der Waals surface area contributed by atoms with E-state index in [0.29, 0.717) is 32.5 Å². The van der Waals surface area contributed by atoms with Crippen LogP contribution in [0.1, 0.15) is 26.7 Å². The SMILES string of the molecule is CN1CCN(C(=O)N2CCCC2C(=O)O)C(C)(C)C1=O. The van der Waals surface area contributed by atoms with Crippen molar-refractivity contribution in [2.45, 2.75) is 38.3 Å². The molecule has 20 heavy (non-hydrogen) atoms. The van der Waals surface area contributed by atoms with Crippen LogP contribution < -0.4 is 0 Å². The van der Waals surface area contributed by atoms with E-state index in [0.717, 1.165) is 0 Å². The van der Waals surface area contributed by atoms with Crippen LogP contribution in [0.15, 0.2) is 0 Å². The maximum absolute atomic E-state index is 12.6. The summed E-state index contributed by atoms with van der Waals surface area (Å²) in [6, 6.07) is -1.12. The number of likely N-dealkylation sites (tertiary alicyclic amines) is 1. The van der Waals surface area contributed by atoms with Crippen LogP contribution >= 0.6 is 0 Å². The molecule has 7 nitrogen and oxygen atoms in total. The van der Waals surface area contributed by atoms with Gasteiger partial charge in [-0.25, -0.2) is 9.59 Å². The average molecular weight is 283 g/mol. The van der Waals surface area contributed by atoms with E-state index in [1.165, 1.54) is 9.80 Å². The molecule has 0 saturated carbocycles. The highest BCUT2D eigenvalue weighted by atomic mass is 16.4. The second-order valence-electron chi connectivity index (χ2n) is 5.91. The summed E-state index contributed by atoms with van der Waals surface area (Å²) in [5.41, 5.74) is -0.935. The molecule has 0 radical (unpaired) electrons. The molecule has 0 aromatic rings. The average Bonchev–Trinajstić information content (AvgIpc) is 2.85. The minimum Gasteiger partial charge on any atom is -0.480 e. The minimum atomic E-state index is -0.978. The number of urea groups is 1. The molecule has 2 rings (SSSR count). The first-order valence-corrected chi connectivity index (χ1v) is 6.83. The number of carboxylic acids is 1. The van der Waals surface area contributed by atoms with Gasteiger partial charge in [-0.05, 0) is 26.7 Å². The van der Waals surface area contributed by atoms with E-state index < -0.39 is 17.6 Å². The second kappa shape index (κ2) is 4.96. The summed E-state index contributed by atoms with van der Waals surface area (Å²) in [5, 5.41) is 9.17. The molecule has 3 amide bonds. The van der Waals surface area contributed by atoms with Gasteiger partial charge >= 0.3 is 12.0 Å². The highest BCUT2D eigenvalue weighted by Gasteiger charge is 2.46. The summed E-state index contributed by atoms with van der Waals surface area (Å²) in [6.07, 6.45) is 1.16. The molecule has 0 aliphatic carbocycles. The Labute approximate surface area is 118 Å². The van der Waals surface area contributed by atoms with Gasteiger partial charge in [-0.2, -0.15) is 0 Å². The third kappa shape index (κ3) is 2.21. The fraction of sp³-hybridized carbons (Fsp3) is 0.769. The van der Waals surface area contributed by atoms with Crippen LogP contribution in [0.5, 0.6) is 0 Å². The van der Waals surface area contributed by atoms with Gasteiger partial charge in [0.15, 0.2) is 0 Å². The lowest BCUT2D eigenvalue weighted by molar-refractivity contribution is -0.145. The van der Waals surface area contributed by atoms with Gasteiger partial charge in [0.05, 0.1) is 0 Å². The summed E-state index contributed by atoms with van der Waals surface area (Å²) in [4.78, 5) is 40.5. The Hall–Kier alpha value is -1.79. The molecular formula is C13H21N3O4. The van der Waals surface area contributed by atoms with Gasteiger partial charge < -0.3 is 19.8 Å². The van der Waals surface area contributed by atoms with Gasteiger partial charge in [0.25, 0.3) is 0 Å². The predicted octanol–water partition coefficient (Wildman–Crippen LogP) is 0.208. The molecule has 2 fully saturated rings. The molecule has 1 unspecified atom stereocenters. The number of hydrogen-bond donors (Lipinski definition) is 1. The Morgan fingerprint density at radius 2 is 1.90 bits per heavy atom. The van der Waals surface area contributed by atoms with Crippen LogP contribution in [0.2, 0.25) is 0 Å². The van der Waals surface area contributed by atoms with E-state index in [1.807, 2.05) is 0 Å². The highest BCUT2D eigenvalue weighted by Crippen LogP contribution is 2.26. The Morgan fingerprint density at radius 1 is 1.25 bits per heavy atom. The van der Waals surface area contributed by atoms with E-state index in [9.17, 15) is 14.4 Å². The zero-order valence-electron chi connectivity index (χ0n) is 12.1. The van der Waals surface area contributed by atoms with Crippen molar-refractivity contribution in [3.63, 3.8) is 0 Å². The van der Waals surface area contributed by atoms with Crippen molar-refractivity contribution in [3.8, 4) is 0 Å². The molecule has 1 N–H and O–H groups in total. The molecule has 0 aromatic carbocycles. The lowest BCUT2D eigenvalue weighted by atomic mass is 9.98. The largest absolute Gasteiger partial charge is 0.480 e. The van der Waals surface area contributed by atoms with Gasteiger partial charge in [0.2, 0.25) is 5.91 Å². The van der Waals surface area contributed by atoms with Crippen molar-refractivity contribution in [1.29, 1.82) is 0 Å². The molecule has 2 saturated heterocycles. The van der Waals surface area contributed by atoms with Crippen molar-refractivity contribution in [2.75, 3.05) is 26.7 Å².